The topological polar surface area (TPSA) is 92.6 Å². The molecule has 7 heteroatoms. The molecule has 1 N–H and O–H groups in total. The standard InChI is InChI=1S/C16H21N3O4/c1-9(2)13-17-4-12(10(3)18-13)14(20)19-5-11-6-23-8-16(11,7-19)15(21)22/h4,9,11H,5-8H2,1-3H3,(H,21,22)/t11-,16-/m1/s1. The molecule has 124 valence electrons. The fourth-order valence-corrected chi connectivity index (χ4v) is 3.34. The molecule has 1 aromatic heterocycles. The Kier molecular flexibility index (Phi) is 3.83. The van der Waals surface area contributed by atoms with E-state index in [1.54, 1.807) is 18.0 Å². The maximum atomic E-state index is 12.8. The number of carboxylic acid groups (broad SMARTS) is 1. The molecule has 23 heavy (non-hydrogen) atoms. The van der Waals surface area contributed by atoms with Gasteiger partial charge in [0.2, 0.25) is 0 Å². The average Bonchev–Trinajstić information content (AvgIpc) is 3.04. The van der Waals surface area contributed by atoms with Crippen LogP contribution in [0.25, 0.3) is 0 Å². The molecular weight excluding hydrogens is 298 g/mol. The van der Waals surface area contributed by atoms with Crippen LogP contribution in [0.15, 0.2) is 6.20 Å². The first-order valence-electron chi connectivity index (χ1n) is 7.79. The molecule has 0 aromatic carbocycles. The van der Waals surface area contributed by atoms with Gasteiger partial charge in [-0.15, -0.1) is 0 Å². The normalized spacial score (nSPS) is 26.6. The van der Waals surface area contributed by atoms with Crippen LogP contribution in [0.1, 0.15) is 41.6 Å². The summed E-state index contributed by atoms with van der Waals surface area (Å²) in [6.45, 7) is 6.90. The molecule has 0 spiro atoms. The highest BCUT2D eigenvalue weighted by atomic mass is 16.5. The van der Waals surface area contributed by atoms with Crippen LogP contribution in [0, 0.1) is 18.3 Å². The number of rotatable bonds is 3. The van der Waals surface area contributed by atoms with Crippen molar-refractivity contribution in [3.63, 3.8) is 0 Å². The monoisotopic (exact) mass is 319 g/mol. The molecule has 7 nitrogen and oxygen atoms in total. The first-order chi connectivity index (χ1) is 10.8. The van der Waals surface area contributed by atoms with E-state index in [-0.39, 0.29) is 30.9 Å². The van der Waals surface area contributed by atoms with E-state index in [9.17, 15) is 14.7 Å². The Balaban J connectivity index is 1.84. The number of nitrogens with zero attached hydrogens (tertiary/aromatic N) is 3. The van der Waals surface area contributed by atoms with Crippen LogP contribution in [-0.4, -0.2) is 58.2 Å². The first kappa shape index (κ1) is 15.9. The molecular formula is C16H21N3O4. The van der Waals surface area contributed by atoms with E-state index in [1.165, 1.54) is 0 Å². The van der Waals surface area contributed by atoms with Crippen molar-refractivity contribution in [3.05, 3.63) is 23.3 Å². The summed E-state index contributed by atoms with van der Waals surface area (Å²) in [7, 11) is 0. The quantitative estimate of drug-likeness (QED) is 0.896. The molecule has 3 rings (SSSR count). The predicted molar refractivity (Wildman–Crippen MR) is 81.1 cm³/mol. The Labute approximate surface area is 134 Å². The van der Waals surface area contributed by atoms with E-state index >= 15 is 0 Å². The number of carbonyl (C=O) groups is 2. The number of aryl methyl sites for hydroxylation is 1. The average molecular weight is 319 g/mol. The third kappa shape index (κ3) is 2.49. The van der Waals surface area contributed by atoms with Gasteiger partial charge in [0, 0.05) is 31.1 Å². The Morgan fingerprint density at radius 2 is 2.22 bits per heavy atom. The lowest BCUT2D eigenvalue weighted by molar-refractivity contribution is -0.149. The Bertz CT molecular complexity index is 661. The van der Waals surface area contributed by atoms with Crippen molar-refractivity contribution >= 4 is 11.9 Å². The Hall–Kier alpha value is -2.02. The molecule has 2 saturated heterocycles. The van der Waals surface area contributed by atoms with Gasteiger partial charge in [-0.1, -0.05) is 13.8 Å². The minimum absolute atomic E-state index is 0.153. The number of likely N-dealkylation sites (tertiary alicyclic amines) is 1. The fourth-order valence-electron chi connectivity index (χ4n) is 3.34. The number of ether oxygens (including phenoxy) is 1. The zero-order chi connectivity index (χ0) is 16.8. The molecule has 0 saturated carbocycles. The lowest BCUT2D eigenvalue weighted by atomic mass is 9.81. The molecule has 2 atom stereocenters. The zero-order valence-corrected chi connectivity index (χ0v) is 13.6. The molecule has 2 aliphatic rings. The molecule has 0 unspecified atom stereocenters. The third-order valence-corrected chi connectivity index (χ3v) is 4.83. The summed E-state index contributed by atoms with van der Waals surface area (Å²) in [4.78, 5) is 34.7. The van der Waals surface area contributed by atoms with Crippen LogP contribution >= 0.6 is 0 Å². The van der Waals surface area contributed by atoms with Crippen molar-refractivity contribution in [1.82, 2.24) is 14.9 Å². The van der Waals surface area contributed by atoms with Crippen LogP contribution in [0.5, 0.6) is 0 Å². The minimum atomic E-state index is -0.970. The number of carboxylic acids is 1. The van der Waals surface area contributed by atoms with E-state index in [0.29, 0.717) is 30.2 Å². The first-order valence-corrected chi connectivity index (χ1v) is 7.79. The van der Waals surface area contributed by atoms with E-state index in [0.717, 1.165) is 0 Å². The van der Waals surface area contributed by atoms with Crippen molar-refractivity contribution in [2.24, 2.45) is 11.3 Å². The second-order valence-corrected chi connectivity index (χ2v) is 6.74. The third-order valence-electron chi connectivity index (χ3n) is 4.83. The van der Waals surface area contributed by atoms with Crippen LogP contribution < -0.4 is 0 Å². The molecule has 0 aliphatic carbocycles. The van der Waals surface area contributed by atoms with E-state index in [2.05, 4.69) is 9.97 Å². The summed E-state index contributed by atoms with van der Waals surface area (Å²) in [5.41, 5.74) is 0.102. The summed E-state index contributed by atoms with van der Waals surface area (Å²) < 4.78 is 5.33. The molecule has 3 heterocycles. The summed E-state index contributed by atoms with van der Waals surface area (Å²) >= 11 is 0. The van der Waals surface area contributed by atoms with Gasteiger partial charge in [-0.2, -0.15) is 0 Å². The van der Waals surface area contributed by atoms with E-state index in [4.69, 9.17) is 4.74 Å². The van der Waals surface area contributed by atoms with Crippen LogP contribution in [0.4, 0.5) is 0 Å². The number of hydrogen-bond donors (Lipinski definition) is 1. The van der Waals surface area contributed by atoms with Gasteiger partial charge in [-0.25, -0.2) is 9.97 Å². The minimum Gasteiger partial charge on any atom is -0.481 e. The van der Waals surface area contributed by atoms with Gasteiger partial charge in [-0.3, -0.25) is 9.59 Å². The second kappa shape index (κ2) is 5.56. The SMILES string of the molecule is Cc1nc(C(C)C)ncc1C(=O)N1C[C@@H]2COC[C@]2(C(=O)O)C1. The lowest BCUT2D eigenvalue weighted by Gasteiger charge is -2.22. The smallest absolute Gasteiger partial charge is 0.314 e. The highest BCUT2D eigenvalue weighted by Crippen LogP contribution is 2.42. The summed E-state index contributed by atoms with van der Waals surface area (Å²) in [6, 6.07) is 0. The van der Waals surface area contributed by atoms with Gasteiger partial charge in [0.05, 0.1) is 24.5 Å². The fraction of sp³-hybridized carbons (Fsp3) is 0.625. The van der Waals surface area contributed by atoms with Crippen LogP contribution in [0.3, 0.4) is 0 Å². The molecule has 1 aromatic rings. The molecule has 0 bridgehead atoms. The number of aliphatic carboxylic acids is 1. The van der Waals surface area contributed by atoms with Gasteiger partial charge in [-0.05, 0) is 6.92 Å². The van der Waals surface area contributed by atoms with Crippen molar-refractivity contribution in [1.29, 1.82) is 0 Å². The number of fused-ring (bicyclic) bond motifs is 1. The molecule has 2 aliphatic heterocycles. The highest BCUT2D eigenvalue weighted by Gasteiger charge is 2.57. The van der Waals surface area contributed by atoms with Crippen molar-refractivity contribution in [3.8, 4) is 0 Å². The zero-order valence-electron chi connectivity index (χ0n) is 13.6. The maximum absolute atomic E-state index is 12.8. The molecule has 2 fully saturated rings. The molecule has 0 radical (unpaired) electrons. The number of carbonyl (C=O) groups excluding carboxylic acids is 1. The second-order valence-electron chi connectivity index (χ2n) is 6.74. The van der Waals surface area contributed by atoms with Crippen LogP contribution in [-0.2, 0) is 9.53 Å². The predicted octanol–water partition coefficient (Wildman–Crippen LogP) is 1.08. The Morgan fingerprint density at radius 3 is 2.78 bits per heavy atom. The maximum Gasteiger partial charge on any atom is 0.314 e. The van der Waals surface area contributed by atoms with Crippen molar-refractivity contribution in [2.45, 2.75) is 26.7 Å². The van der Waals surface area contributed by atoms with Crippen molar-refractivity contribution < 1.29 is 19.4 Å². The van der Waals surface area contributed by atoms with Gasteiger partial charge in [0.1, 0.15) is 11.2 Å². The molecule has 1 amide bonds. The highest BCUT2D eigenvalue weighted by molar-refractivity contribution is 5.95. The van der Waals surface area contributed by atoms with Gasteiger partial charge in [0.15, 0.2) is 0 Å². The lowest BCUT2D eigenvalue weighted by Crippen LogP contribution is -2.40. The Morgan fingerprint density at radius 1 is 1.48 bits per heavy atom. The van der Waals surface area contributed by atoms with Crippen molar-refractivity contribution in [2.75, 3.05) is 26.3 Å². The number of amides is 1. The largest absolute Gasteiger partial charge is 0.481 e. The number of hydrogen-bond acceptors (Lipinski definition) is 5. The van der Waals surface area contributed by atoms with E-state index in [1.807, 2.05) is 13.8 Å². The van der Waals surface area contributed by atoms with E-state index < -0.39 is 11.4 Å². The van der Waals surface area contributed by atoms with Gasteiger partial charge in [0.25, 0.3) is 5.91 Å². The van der Waals surface area contributed by atoms with Gasteiger partial charge < -0.3 is 14.7 Å². The van der Waals surface area contributed by atoms with Crippen LogP contribution in [0.2, 0.25) is 0 Å². The summed E-state index contributed by atoms with van der Waals surface area (Å²) in [6.07, 6.45) is 1.55. The van der Waals surface area contributed by atoms with Gasteiger partial charge >= 0.3 is 5.97 Å². The summed E-state index contributed by atoms with van der Waals surface area (Å²) in [5.74, 6) is -0.351. The number of aromatic nitrogens is 2. The summed E-state index contributed by atoms with van der Waals surface area (Å²) in [5, 5.41) is 9.55.